The second-order valence-corrected chi connectivity index (χ2v) is 5.62. The smallest absolute Gasteiger partial charge is 0.417 e. The van der Waals surface area contributed by atoms with Crippen LogP contribution in [0, 0.1) is 0 Å². The van der Waals surface area contributed by atoms with Gasteiger partial charge in [-0.25, -0.2) is 4.79 Å². The zero-order chi connectivity index (χ0) is 18.5. The van der Waals surface area contributed by atoms with Gasteiger partial charge < -0.3 is 20.9 Å². The van der Waals surface area contributed by atoms with Crippen molar-refractivity contribution in [2.45, 2.75) is 0 Å². The first-order chi connectivity index (χ1) is 12.5. The first-order valence-electron chi connectivity index (χ1n) is 7.93. The molecule has 132 valence electrons. The Morgan fingerprint density at radius 1 is 0.885 bits per heavy atom. The summed E-state index contributed by atoms with van der Waals surface area (Å²) in [5.41, 5.74) is 15.1. The molecule has 0 aliphatic heterocycles. The number of carbonyl (C=O) groups excluding carboxylic acids is 1. The van der Waals surface area contributed by atoms with E-state index >= 15 is 0 Å². The van der Waals surface area contributed by atoms with Gasteiger partial charge in [0.05, 0.1) is 12.8 Å². The van der Waals surface area contributed by atoms with E-state index < -0.39 is 6.09 Å². The zero-order valence-corrected chi connectivity index (χ0v) is 14.2. The Bertz CT molecular complexity index is 924. The van der Waals surface area contributed by atoms with Gasteiger partial charge in [0.15, 0.2) is 0 Å². The highest BCUT2D eigenvalue weighted by Crippen LogP contribution is 2.31. The van der Waals surface area contributed by atoms with E-state index in [4.69, 9.17) is 20.9 Å². The fourth-order valence-corrected chi connectivity index (χ4v) is 2.51. The minimum atomic E-state index is -0.620. The molecule has 0 bridgehead atoms. The number of carbonyl (C=O) groups is 1. The van der Waals surface area contributed by atoms with Gasteiger partial charge in [0, 0.05) is 16.9 Å². The van der Waals surface area contributed by atoms with Crippen molar-refractivity contribution in [3.63, 3.8) is 0 Å². The number of hydrogen-bond acceptors (Lipinski definition) is 5. The van der Waals surface area contributed by atoms with Crippen LogP contribution in [0.15, 0.2) is 66.7 Å². The minimum Gasteiger partial charge on any atom is -0.497 e. The maximum Gasteiger partial charge on any atom is 0.417 e. The Hall–Kier alpha value is -3.67. The lowest BCUT2D eigenvalue weighted by Gasteiger charge is -2.13. The molecule has 1 amide bonds. The number of nitrogen functional groups attached to an aromatic ring is 2. The fourth-order valence-electron chi connectivity index (χ4n) is 2.51. The Morgan fingerprint density at radius 3 is 2.27 bits per heavy atom. The lowest BCUT2D eigenvalue weighted by molar-refractivity contribution is 0.215. The van der Waals surface area contributed by atoms with Crippen molar-refractivity contribution in [3.05, 3.63) is 66.7 Å². The maximum atomic E-state index is 12.3. The fraction of sp³-hybridized carbons (Fsp3) is 0.0500. The van der Waals surface area contributed by atoms with Gasteiger partial charge in [-0.05, 0) is 54.1 Å². The number of methoxy groups -OCH3 is 1. The number of rotatable bonds is 4. The highest BCUT2D eigenvalue weighted by Gasteiger charge is 2.11. The monoisotopic (exact) mass is 349 g/mol. The third-order valence-electron chi connectivity index (χ3n) is 3.75. The first kappa shape index (κ1) is 17.2. The number of amides is 1. The molecule has 5 N–H and O–H groups in total. The lowest BCUT2D eigenvalue weighted by Crippen LogP contribution is -2.17. The average molecular weight is 349 g/mol. The summed E-state index contributed by atoms with van der Waals surface area (Å²) in [7, 11) is 1.57. The molecule has 0 fully saturated rings. The number of ether oxygens (including phenoxy) is 2. The lowest BCUT2D eigenvalue weighted by atomic mass is 10.0. The van der Waals surface area contributed by atoms with Crippen molar-refractivity contribution < 1.29 is 14.3 Å². The van der Waals surface area contributed by atoms with Crippen LogP contribution in [0.4, 0.5) is 21.9 Å². The highest BCUT2D eigenvalue weighted by atomic mass is 16.6. The normalized spacial score (nSPS) is 10.2. The summed E-state index contributed by atoms with van der Waals surface area (Å²) in [6, 6.07) is 19.4. The van der Waals surface area contributed by atoms with Gasteiger partial charge in [-0.1, -0.05) is 18.2 Å². The van der Waals surface area contributed by atoms with Crippen LogP contribution in [0.25, 0.3) is 11.1 Å². The molecule has 0 spiro atoms. The van der Waals surface area contributed by atoms with Crippen molar-refractivity contribution >= 4 is 23.2 Å². The SMILES string of the molecule is COc1ccc(OC(=O)Nc2cc(N)ccc2-c2cccc(N)c2)cc1. The number of anilines is 3. The molecular formula is C20H19N3O3. The molecule has 3 rings (SSSR count). The Kier molecular flexibility index (Phi) is 4.94. The minimum absolute atomic E-state index is 0.401. The molecule has 0 heterocycles. The molecule has 3 aromatic rings. The summed E-state index contributed by atoms with van der Waals surface area (Å²) in [5, 5.41) is 2.73. The van der Waals surface area contributed by atoms with Crippen LogP contribution in [0.1, 0.15) is 0 Å². The van der Waals surface area contributed by atoms with Gasteiger partial charge in [0.1, 0.15) is 11.5 Å². The van der Waals surface area contributed by atoms with Crippen LogP contribution in [-0.2, 0) is 0 Å². The van der Waals surface area contributed by atoms with Crippen molar-refractivity contribution in [3.8, 4) is 22.6 Å². The summed E-state index contributed by atoms with van der Waals surface area (Å²) in [6.45, 7) is 0. The molecule has 0 atom stereocenters. The average Bonchev–Trinajstić information content (AvgIpc) is 2.62. The topological polar surface area (TPSA) is 99.6 Å². The van der Waals surface area contributed by atoms with Gasteiger partial charge in [-0.15, -0.1) is 0 Å². The van der Waals surface area contributed by atoms with Crippen molar-refractivity contribution in [1.29, 1.82) is 0 Å². The van der Waals surface area contributed by atoms with Crippen LogP contribution in [0.5, 0.6) is 11.5 Å². The van der Waals surface area contributed by atoms with E-state index in [0.717, 1.165) is 11.1 Å². The summed E-state index contributed by atoms with van der Waals surface area (Å²) in [5.74, 6) is 1.08. The Morgan fingerprint density at radius 2 is 1.58 bits per heavy atom. The molecule has 6 heteroatoms. The third kappa shape index (κ3) is 4.05. The van der Waals surface area contributed by atoms with Crippen LogP contribution in [-0.4, -0.2) is 13.2 Å². The van der Waals surface area contributed by atoms with E-state index in [1.807, 2.05) is 24.3 Å². The summed E-state index contributed by atoms with van der Waals surface area (Å²) >= 11 is 0. The molecule has 0 aromatic heterocycles. The van der Waals surface area contributed by atoms with Crippen molar-refractivity contribution in [1.82, 2.24) is 0 Å². The van der Waals surface area contributed by atoms with Gasteiger partial charge in [-0.2, -0.15) is 0 Å². The standard InChI is InChI=1S/C20H19N3O3/c1-25-16-6-8-17(9-7-16)26-20(24)23-19-12-15(22)5-10-18(19)13-3-2-4-14(21)11-13/h2-12H,21-22H2,1H3,(H,23,24). The van der Waals surface area contributed by atoms with Crippen LogP contribution < -0.4 is 26.3 Å². The Labute approximate surface area is 151 Å². The molecular weight excluding hydrogens is 330 g/mol. The molecule has 0 unspecified atom stereocenters. The molecule has 3 aromatic carbocycles. The summed E-state index contributed by atoms with van der Waals surface area (Å²) in [6.07, 6.45) is -0.620. The summed E-state index contributed by atoms with van der Waals surface area (Å²) < 4.78 is 10.4. The predicted octanol–water partition coefficient (Wildman–Crippen LogP) is 4.14. The molecule has 6 nitrogen and oxygen atoms in total. The quantitative estimate of drug-likeness (QED) is 0.615. The number of benzene rings is 3. The van der Waals surface area contributed by atoms with Gasteiger partial charge in [-0.3, -0.25) is 5.32 Å². The number of nitrogens with two attached hydrogens (primary N) is 2. The molecule has 26 heavy (non-hydrogen) atoms. The molecule has 0 aliphatic rings. The van der Waals surface area contributed by atoms with Crippen molar-refractivity contribution in [2.24, 2.45) is 0 Å². The summed E-state index contributed by atoms with van der Waals surface area (Å²) in [4.78, 5) is 12.3. The zero-order valence-electron chi connectivity index (χ0n) is 14.2. The molecule has 0 saturated heterocycles. The van der Waals surface area contributed by atoms with E-state index in [1.165, 1.54) is 0 Å². The Balaban J connectivity index is 1.82. The third-order valence-corrected chi connectivity index (χ3v) is 3.75. The van der Waals surface area contributed by atoms with E-state index in [9.17, 15) is 4.79 Å². The predicted molar refractivity (Wildman–Crippen MR) is 103 cm³/mol. The molecule has 0 radical (unpaired) electrons. The van der Waals surface area contributed by atoms with Gasteiger partial charge in [0.25, 0.3) is 0 Å². The van der Waals surface area contributed by atoms with E-state index in [1.54, 1.807) is 49.6 Å². The van der Waals surface area contributed by atoms with Crippen LogP contribution >= 0.6 is 0 Å². The maximum absolute atomic E-state index is 12.3. The first-order valence-corrected chi connectivity index (χ1v) is 7.93. The number of nitrogens with one attached hydrogen (secondary N) is 1. The van der Waals surface area contributed by atoms with E-state index in [0.29, 0.717) is 28.6 Å². The second-order valence-electron chi connectivity index (χ2n) is 5.62. The molecule has 0 saturated carbocycles. The van der Waals surface area contributed by atoms with Crippen molar-refractivity contribution in [2.75, 3.05) is 23.9 Å². The van der Waals surface area contributed by atoms with Crippen LogP contribution in [0.3, 0.4) is 0 Å². The largest absolute Gasteiger partial charge is 0.497 e. The van der Waals surface area contributed by atoms with Gasteiger partial charge in [0.2, 0.25) is 0 Å². The van der Waals surface area contributed by atoms with E-state index in [2.05, 4.69) is 5.32 Å². The van der Waals surface area contributed by atoms with Gasteiger partial charge >= 0.3 is 6.09 Å². The van der Waals surface area contributed by atoms with E-state index in [-0.39, 0.29) is 0 Å². The number of hydrogen-bond donors (Lipinski definition) is 3. The second kappa shape index (κ2) is 7.48. The van der Waals surface area contributed by atoms with Crippen LogP contribution in [0.2, 0.25) is 0 Å². The molecule has 0 aliphatic carbocycles. The highest BCUT2D eigenvalue weighted by molar-refractivity contribution is 5.93.